The van der Waals surface area contributed by atoms with Crippen LogP contribution in [0.3, 0.4) is 0 Å². The molecule has 0 saturated carbocycles. The van der Waals surface area contributed by atoms with Crippen molar-refractivity contribution >= 4 is 5.97 Å². The molecule has 0 aromatic carbocycles. The molecule has 84 valence electrons. The van der Waals surface area contributed by atoms with Gasteiger partial charge in [0.15, 0.2) is 0 Å². The fraction of sp³-hybridized carbons (Fsp3) is 0.900. The lowest BCUT2D eigenvalue weighted by molar-refractivity contribution is -0.146. The second-order valence-electron chi connectivity index (χ2n) is 4.31. The standard InChI is InChI=1S/C10H21NO3/c1-8(2)13-5-6-14-9(12)7-10(3,4)11/h8H,5-7,11H2,1-4H3. The van der Waals surface area contributed by atoms with Crippen LogP contribution in [0.5, 0.6) is 0 Å². The van der Waals surface area contributed by atoms with Crippen molar-refractivity contribution in [1.29, 1.82) is 0 Å². The molecule has 0 aliphatic heterocycles. The molecule has 0 fully saturated rings. The topological polar surface area (TPSA) is 61.5 Å². The lowest BCUT2D eigenvalue weighted by atomic mass is 10.0. The number of rotatable bonds is 6. The Kier molecular flexibility index (Phi) is 5.72. The van der Waals surface area contributed by atoms with Crippen molar-refractivity contribution < 1.29 is 14.3 Å². The second-order valence-corrected chi connectivity index (χ2v) is 4.31. The molecular weight excluding hydrogens is 182 g/mol. The van der Waals surface area contributed by atoms with Gasteiger partial charge in [-0.3, -0.25) is 4.79 Å². The predicted octanol–water partition coefficient (Wildman–Crippen LogP) is 1.08. The zero-order valence-corrected chi connectivity index (χ0v) is 9.50. The van der Waals surface area contributed by atoms with E-state index in [2.05, 4.69) is 0 Å². The Labute approximate surface area is 85.8 Å². The Morgan fingerprint density at radius 3 is 2.36 bits per heavy atom. The molecular formula is C10H21NO3. The molecule has 0 amide bonds. The zero-order valence-electron chi connectivity index (χ0n) is 9.50. The average molecular weight is 203 g/mol. The van der Waals surface area contributed by atoms with Crippen LogP contribution in [0.25, 0.3) is 0 Å². The van der Waals surface area contributed by atoms with Crippen molar-refractivity contribution in [3.05, 3.63) is 0 Å². The van der Waals surface area contributed by atoms with Gasteiger partial charge in [0.25, 0.3) is 0 Å². The lowest BCUT2D eigenvalue weighted by Gasteiger charge is -2.17. The number of carbonyl (C=O) groups excluding carboxylic acids is 1. The SMILES string of the molecule is CC(C)OCCOC(=O)CC(C)(C)N. The van der Waals surface area contributed by atoms with Gasteiger partial charge in [0.2, 0.25) is 0 Å². The molecule has 2 N–H and O–H groups in total. The van der Waals surface area contributed by atoms with E-state index in [1.165, 1.54) is 0 Å². The fourth-order valence-corrected chi connectivity index (χ4v) is 0.862. The van der Waals surface area contributed by atoms with Gasteiger partial charge in [0.05, 0.1) is 19.1 Å². The molecule has 0 aliphatic rings. The summed E-state index contributed by atoms with van der Waals surface area (Å²) in [6.45, 7) is 8.19. The van der Waals surface area contributed by atoms with Gasteiger partial charge in [0, 0.05) is 5.54 Å². The minimum absolute atomic E-state index is 0.166. The van der Waals surface area contributed by atoms with Crippen LogP contribution < -0.4 is 5.73 Å². The van der Waals surface area contributed by atoms with Crippen LogP contribution in [0, 0.1) is 0 Å². The van der Waals surface area contributed by atoms with Gasteiger partial charge in [-0.2, -0.15) is 0 Å². The summed E-state index contributed by atoms with van der Waals surface area (Å²) in [5.41, 5.74) is 5.15. The molecule has 0 rings (SSSR count). The van der Waals surface area contributed by atoms with Crippen LogP contribution in [0.2, 0.25) is 0 Å². The summed E-state index contributed by atoms with van der Waals surface area (Å²) in [5.74, 6) is -0.273. The largest absolute Gasteiger partial charge is 0.463 e. The Hall–Kier alpha value is -0.610. The molecule has 0 unspecified atom stereocenters. The van der Waals surface area contributed by atoms with Gasteiger partial charge in [-0.05, 0) is 27.7 Å². The molecule has 0 spiro atoms. The van der Waals surface area contributed by atoms with Crippen LogP contribution >= 0.6 is 0 Å². The third kappa shape index (κ3) is 9.48. The number of esters is 1. The molecule has 4 nitrogen and oxygen atoms in total. The maximum Gasteiger partial charge on any atom is 0.307 e. The highest BCUT2D eigenvalue weighted by molar-refractivity contribution is 5.70. The summed E-state index contributed by atoms with van der Waals surface area (Å²) in [7, 11) is 0. The highest BCUT2D eigenvalue weighted by Crippen LogP contribution is 2.04. The molecule has 0 aliphatic carbocycles. The normalized spacial score (nSPS) is 11.9. The highest BCUT2D eigenvalue weighted by Gasteiger charge is 2.17. The van der Waals surface area contributed by atoms with Gasteiger partial charge < -0.3 is 15.2 Å². The lowest BCUT2D eigenvalue weighted by Crippen LogP contribution is -2.35. The Balaban J connectivity index is 3.46. The van der Waals surface area contributed by atoms with Crippen molar-refractivity contribution in [2.45, 2.75) is 45.8 Å². The summed E-state index contributed by atoms with van der Waals surface area (Å²) < 4.78 is 10.1. The zero-order chi connectivity index (χ0) is 11.2. The maximum atomic E-state index is 11.1. The summed E-state index contributed by atoms with van der Waals surface area (Å²) in [5, 5.41) is 0. The first kappa shape index (κ1) is 13.4. The average Bonchev–Trinajstić information content (AvgIpc) is 1.94. The van der Waals surface area contributed by atoms with Crippen molar-refractivity contribution in [2.24, 2.45) is 5.73 Å². The smallest absolute Gasteiger partial charge is 0.307 e. The molecule has 0 aromatic rings. The summed E-state index contributed by atoms with van der Waals surface area (Å²) >= 11 is 0. The number of carbonyl (C=O) groups is 1. The minimum Gasteiger partial charge on any atom is -0.463 e. The predicted molar refractivity (Wildman–Crippen MR) is 54.9 cm³/mol. The molecule has 0 heterocycles. The molecule has 0 saturated heterocycles. The van der Waals surface area contributed by atoms with E-state index >= 15 is 0 Å². The molecule has 0 radical (unpaired) electrons. The monoisotopic (exact) mass is 203 g/mol. The number of ether oxygens (including phenoxy) is 2. The first-order chi connectivity index (χ1) is 6.31. The van der Waals surface area contributed by atoms with Crippen LogP contribution in [0.15, 0.2) is 0 Å². The van der Waals surface area contributed by atoms with E-state index in [0.29, 0.717) is 13.2 Å². The number of nitrogens with two attached hydrogens (primary N) is 1. The Morgan fingerprint density at radius 1 is 1.36 bits per heavy atom. The molecule has 4 heteroatoms. The van der Waals surface area contributed by atoms with Crippen molar-refractivity contribution in [3.8, 4) is 0 Å². The molecule has 0 bridgehead atoms. The number of hydrogen-bond acceptors (Lipinski definition) is 4. The van der Waals surface area contributed by atoms with Crippen LogP contribution in [0.1, 0.15) is 34.1 Å². The Bertz CT molecular complexity index is 173. The van der Waals surface area contributed by atoms with Crippen molar-refractivity contribution in [2.75, 3.05) is 13.2 Å². The van der Waals surface area contributed by atoms with Crippen molar-refractivity contribution in [3.63, 3.8) is 0 Å². The van der Waals surface area contributed by atoms with E-state index in [9.17, 15) is 4.79 Å². The van der Waals surface area contributed by atoms with E-state index in [0.717, 1.165) is 0 Å². The van der Waals surface area contributed by atoms with E-state index in [-0.39, 0.29) is 18.5 Å². The van der Waals surface area contributed by atoms with Gasteiger partial charge in [0.1, 0.15) is 6.61 Å². The van der Waals surface area contributed by atoms with E-state index in [1.807, 2.05) is 13.8 Å². The van der Waals surface area contributed by atoms with E-state index in [4.69, 9.17) is 15.2 Å². The molecule has 0 atom stereocenters. The minimum atomic E-state index is -0.504. The summed E-state index contributed by atoms with van der Waals surface area (Å²) in [6, 6.07) is 0. The highest BCUT2D eigenvalue weighted by atomic mass is 16.6. The van der Waals surface area contributed by atoms with Gasteiger partial charge in [-0.25, -0.2) is 0 Å². The van der Waals surface area contributed by atoms with Gasteiger partial charge >= 0.3 is 5.97 Å². The van der Waals surface area contributed by atoms with E-state index < -0.39 is 5.54 Å². The molecule has 14 heavy (non-hydrogen) atoms. The second kappa shape index (κ2) is 5.98. The number of hydrogen-bond donors (Lipinski definition) is 1. The Morgan fingerprint density at radius 2 is 1.93 bits per heavy atom. The maximum absolute atomic E-state index is 11.1. The van der Waals surface area contributed by atoms with Crippen LogP contribution in [-0.4, -0.2) is 30.8 Å². The molecule has 0 aromatic heterocycles. The van der Waals surface area contributed by atoms with Crippen molar-refractivity contribution in [1.82, 2.24) is 0 Å². The van der Waals surface area contributed by atoms with Gasteiger partial charge in [-0.15, -0.1) is 0 Å². The summed E-state index contributed by atoms with van der Waals surface area (Å²) in [6.07, 6.45) is 0.397. The first-order valence-corrected chi connectivity index (χ1v) is 4.87. The van der Waals surface area contributed by atoms with E-state index in [1.54, 1.807) is 13.8 Å². The third-order valence-electron chi connectivity index (χ3n) is 1.40. The summed E-state index contributed by atoms with van der Waals surface area (Å²) in [4.78, 5) is 11.1. The van der Waals surface area contributed by atoms with Gasteiger partial charge in [-0.1, -0.05) is 0 Å². The quantitative estimate of drug-likeness (QED) is 0.518. The fourth-order valence-electron chi connectivity index (χ4n) is 0.862. The first-order valence-electron chi connectivity index (χ1n) is 4.87. The third-order valence-corrected chi connectivity index (χ3v) is 1.40. The van der Waals surface area contributed by atoms with Crippen LogP contribution in [-0.2, 0) is 14.3 Å². The van der Waals surface area contributed by atoms with Crippen LogP contribution in [0.4, 0.5) is 0 Å².